The van der Waals surface area contributed by atoms with Crippen LogP contribution in [0, 0.1) is 0 Å². The van der Waals surface area contributed by atoms with E-state index in [4.69, 9.17) is 0 Å². The fourth-order valence-corrected chi connectivity index (χ4v) is 1.41. The molecule has 1 aliphatic heterocycles. The standard InChI is InChI=1S/C8H11N3O/c1-8(12)4-11(5-8)7-2-3-9-6-10-7/h2-3,6,12H,4-5H2,1H3. The molecule has 1 aromatic heterocycles. The lowest BCUT2D eigenvalue weighted by Crippen LogP contribution is -2.60. The molecule has 1 aliphatic rings. The fourth-order valence-electron chi connectivity index (χ4n) is 1.41. The summed E-state index contributed by atoms with van der Waals surface area (Å²) < 4.78 is 0. The van der Waals surface area contributed by atoms with Crippen LogP contribution in [0.25, 0.3) is 0 Å². The van der Waals surface area contributed by atoms with Crippen molar-refractivity contribution in [3.05, 3.63) is 18.6 Å². The molecule has 0 spiro atoms. The van der Waals surface area contributed by atoms with E-state index in [1.807, 2.05) is 17.9 Å². The van der Waals surface area contributed by atoms with Crippen molar-refractivity contribution in [2.75, 3.05) is 18.0 Å². The predicted octanol–water partition coefficient (Wildman–Crippen LogP) is 0.0476. The van der Waals surface area contributed by atoms with Crippen LogP contribution in [0.15, 0.2) is 18.6 Å². The van der Waals surface area contributed by atoms with Crippen LogP contribution in [-0.4, -0.2) is 33.8 Å². The molecule has 1 N–H and O–H groups in total. The molecule has 1 aromatic rings. The molecular formula is C8H11N3O. The fraction of sp³-hybridized carbons (Fsp3) is 0.500. The third kappa shape index (κ3) is 1.25. The minimum Gasteiger partial charge on any atom is -0.386 e. The van der Waals surface area contributed by atoms with Crippen LogP contribution in [-0.2, 0) is 0 Å². The topological polar surface area (TPSA) is 49.2 Å². The van der Waals surface area contributed by atoms with E-state index >= 15 is 0 Å². The summed E-state index contributed by atoms with van der Waals surface area (Å²) in [5.41, 5.74) is -0.537. The summed E-state index contributed by atoms with van der Waals surface area (Å²) in [5.74, 6) is 0.886. The number of rotatable bonds is 1. The quantitative estimate of drug-likeness (QED) is 0.638. The Labute approximate surface area is 70.9 Å². The van der Waals surface area contributed by atoms with E-state index in [-0.39, 0.29) is 0 Å². The predicted molar refractivity (Wildman–Crippen MR) is 44.9 cm³/mol. The van der Waals surface area contributed by atoms with Crippen molar-refractivity contribution in [1.29, 1.82) is 0 Å². The molecule has 1 fully saturated rings. The number of anilines is 1. The SMILES string of the molecule is CC1(O)CN(c2ccncn2)C1. The van der Waals surface area contributed by atoms with Crippen molar-refractivity contribution >= 4 is 5.82 Å². The van der Waals surface area contributed by atoms with Gasteiger partial charge in [-0.1, -0.05) is 0 Å². The molecule has 4 nitrogen and oxygen atoms in total. The highest BCUT2D eigenvalue weighted by Crippen LogP contribution is 2.24. The van der Waals surface area contributed by atoms with E-state index in [1.54, 1.807) is 6.20 Å². The van der Waals surface area contributed by atoms with Gasteiger partial charge in [-0.15, -0.1) is 0 Å². The molecule has 0 saturated carbocycles. The minimum atomic E-state index is -0.537. The summed E-state index contributed by atoms with van der Waals surface area (Å²) in [4.78, 5) is 9.91. The largest absolute Gasteiger partial charge is 0.386 e. The number of hydrogen-bond acceptors (Lipinski definition) is 4. The number of aliphatic hydroxyl groups is 1. The molecule has 0 radical (unpaired) electrons. The molecule has 4 heteroatoms. The molecule has 0 bridgehead atoms. The second-order valence-electron chi connectivity index (χ2n) is 3.42. The zero-order chi connectivity index (χ0) is 8.60. The zero-order valence-corrected chi connectivity index (χ0v) is 6.94. The van der Waals surface area contributed by atoms with Gasteiger partial charge in [0.2, 0.25) is 0 Å². The number of aromatic nitrogens is 2. The van der Waals surface area contributed by atoms with Crippen molar-refractivity contribution in [1.82, 2.24) is 9.97 Å². The van der Waals surface area contributed by atoms with Crippen LogP contribution in [0.1, 0.15) is 6.92 Å². The van der Waals surface area contributed by atoms with Crippen molar-refractivity contribution in [3.63, 3.8) is 0 Å². The third-order valence-electron chi connectivity index (χ3n) is 1.95. The highest BCUT2D eigenvalue weighted by atomic mass is 16.3. The second-order valence-corrected chi connectivity index (χ2v) is 3.42. The lowest BCUT2D eigenvalue weighted by Gasteiger charge is -2.44. The van der Waals surface area contributed by atoms with Gasteiger partial charge < -0.3 is 10.0 Å². The monoisotopic (exact) mass is 165 g/mol. The molecular weight excluding hydrogens is 154 g/mol. The van der Waals surface area contributed by atoms with Crippen LogP contribution >= 0.6 is 0 Å². The minimum absolute atomic E-state index is 0.537. The Morgan fingerprint density at radius 1 is 1.58 bits per heavy atom. The van der Waals surface area contributed by atoms with Crippen molar-refractivity contribution < 1.29 is 5.11 Å². The van der Waals surface area contributed by atoms with Gasteiger partial charge in [-0.05, 0) is 13.0 Å². The van der Waals surface area contributed by atoms with Gasteiger partial charge in [0, 0.05) is 19.3 Å². The number of β-amino-alcohol motifs (C(OH)–C–C–N with tert-alkyl or cyclic N) is 1. The number of hydrogen-bond donors (Lipinski definition) is 1. The van der Waals surface area contributed by atoms with Gasteiger partial charge in [-0.25, -0.2) is 9.97 Å². The number of nitrogens with zero attached hydrogens (tertiary/aromatic N) is 3. The first-order chi connectivity index (χ1) is 5.67. The van der Waals surface area contributed by atoms with Crippen molar-refractivity contribution in [2.45, 2.75) is 12.5 Å². The van der Waals surface area contributed by atoms with Crippen LogP contribution in [0.5, 0.6) is 0 Å². The summed E-state index contributed by atoms with van der Waals surface area (Å²) in [6, 6.07) is 1.84. The van der Waals surface area contributed by atoms with Gasteiger partial charge in [-0.2, -0.15) is 0 Å². The average Bonchev–Trinajstić information content (AvgIpc) is 2.02. The zero-order valence-electron chi connectivity index (χ0n) is 6.94. The molecule has 64 valence electrons. The highest BCUT2D eigenvalue weighted by Gasteiger charge is 2.36. The smallest absolute Gasteiger partial charge is 0.132 e. The van der Waals surface area contributed by atoms with E-state index in [2.05, 4.69) is 9.97 Å². The molecule has 0 amide bonds. The first-order valence-electron chi connectivity index (χ1n) is 3.91. The van der Waals surface area contributed by atoms with Gasteiger partial charge in [0.15, 0.2) is 0 Å². The van der Waals surface area contributed by atoms with Crippen LogP contribution in [0.3, 0.4) is 0 Å². The summed E-state index contributed by atoms with van der Waals surface area (Å²) >= 11 is 0. The summed E-state index contributed by atoms with van der Waals surface area (Å²) in [7, 11) is 0. The van der Waals surface area contributed by atoms with Gasteiger partial charge in [-0.3, -0.25) is 0 Å². The van der Waals surface area contributed by atoms with E-state index in [0.29, 0.717) is 13.1 Å². The Hall–Kier alpha value is -1.16. The van der Waals surface area contributed by atoms with Crippen LogP contribution in [0.2, 0.25) is 0 Å². The summed E-state index contributed by atoms with van der Waals surface area (Å²) in [6.45, 7) is 3.14. The average molecular weight is 165 g/mol. The maximum atomic E-state index is 9.46. The highest BCUT2D eigenvalue weighted by molar-refractivity contribution is 5.41. The van der Waals surface area contributed by atoms with Crippen LogP contribution < -0.4 is 4.90 Å². The molecule has 0 unspecified atom stereocenters. The first kappa shape index (κ1) is 7.49. The maximum absolute atomic E-state index is 9.46. The maximum Gasteiger partial charge on any atom is 0.132 e. The lowest BCUT2D eigenvalue weighted by molar-refractivity contribution is 0.0305. The Morgan fingerprint density at radius 3 is 2.83 bits per heavy atom. The normalized spacial score (nSPS) is 20.3. The third-order valence-corrected chi connectivity index (χ3v) is 1.95. The van der Waals surface area contributed by atoms with Gasteiger partial charge in [0.25, 0.3) is 0 Å². The van der Waals surface area contributed by atoms with Crippen molar-refractivity contribution in [3.8, 4) is 0 Å². The molecule has 2 rings (SSSR count). The van der Waals surface area contributed by atoms with E-state index in [9.17, 15) is 5.11 Å². The molecule has 0 aromatic carbocycles. The van der Waals surface area contributed by atoms with E-state index < -0.39 is 5.60 Å². The van der Waals surface area contributed by atoms with Gasteiger partial charge in [0.1, 0.15) is 12.1 Å². The second kappa shape index (κ2) is 2.42. The molecule has 0 aliphatic carbocycles. The van der Waals surface area contributed by atoms with Crippen LogP contribution in [0.4, 0.5) is 5.82 Å². The Kier molecular flexibility index (Phi) is 1.51. The summed E-state index contributed by atoms with van der Waals surface area (Å²) in [6.07, 6.45) is 3.22. The Morgan fingerprint density at radius 2 is 2.33 bits per heavy atom. The summed E-state index contributed by atoms with van der Waals surface area (Å²) in [5, 5.41) is 9.46. The molecule has 1 saturated heterocycles. The molecule has 0 atom stereocenters. The Bertz CT molecular complexity index is 265. The van der Waals surface area contributed by atoms with E-state index in [1.165, 1.54) is 6.33 Å². The van der Waals surface area contributed by atoms with E-state index in [0.717, 1.165) is 5.82 Å². The lowest BCUT2D eigenvalue weighted by atomic mass is 9.97. The van der Waals surface area contributed by atoms with Gasteiger partial charge in [0.05, 0.1) is 5.60 Å². The molecule has 2 heterocycles. The first-order valence-corrected chi connectivity index (χ1v) is 3.91. The van der Waals surface area contributed by atoms with Gasteiger partial charge >= 0.3 is 0 Å². The van der Waals surface area contributed by atoms with Crippen molar-refractivity contribution in [2.24, 2.45) is 0 Å². The molecule has 12 heavy (non-hydrogen) atoms. The Balaban J connectivity index is 2.06.